The molecule has 2 aromatic carbocycles. The average Bonchev–Trinajstić information content (AvgIpc) is 3.32. The molecule has 9 heteroatoms. The maximum Gasteiger partial charge on any atom is 0.270 e. The number of nitrogens with zero attached hydrogens (tertiary/aromatic N) is 3. The largest absolute Gasteiger partial charge is 0.378 e. The summed E-state index contributed by atoms with van der Waals surface area (Å²) >= 11 is 1.82. The molecule has 0 unspecified atom stereocenters. The van der Waals surface area contributed by atoms with Gasteiger partial charge in [-0.2, -0.15) is 0 Å². The molecular formula is C24H24N4O4S. The van der Waals surface area contributed by atoms with Gasteiger partial charge in [0.1, 0.15) is 0 Å². The van der Waals surface area contributed by atoms with Gasteiger partial charge in [-0.3, -0.25) is 14.9 Å². The fourth-order valence-electron chi connectivity index (χ4n) is 4.32. The number of nitro groups is 1. The zero-order chi connectivity index (χ0) is 22.8. The lowest BCUT2D eigenvalue weighted by Crippen LogP contribution is -2.37. The van der Waals surface area contributed by atoms with Crippen LogP contribution >= 0.6 is 11.3 Å². The van der Waals surface area contributed by atoms with E-state index in [9.17, 15) is 14.9 Å². The van der Waals surface area contributed by atoms with E-state index in [1.165, 1.54) is 22.6 Å². The van der Waals surface area contributed by atoms with Crippen molar-refractivity contribution in [3.63, 3.8) is 0 Å². The number of morpholine rings is 1. The average molecular weight is 465 g/mol. The third kappa shape index (κ3) is 4.55. The smallest absolute Gasteiger partial charge is 0.270 e. The second-order valence-electron chi connectivity index (χ2n) is 8.10. The number of carbonyl (C=O) groups is 1. The third-order valence-electron chi connectivity index (χ3n) is 6.09. The minimum atomic E-state index is -0.480. The second kappa shape index (κ2) is 9.21. The minimum Gasteiger partial charge on any atom is -0.378 e. The summed E-state index contributed by atoms with van der Waals surface area (Å²) in [6.45, 7) is 4.24. The molecule has 3 heterocycles. The Hall–Kier alpha value is -3.43. The van der Waals surface area contributed by atoms with Crippen LogP contribution in [0.2, 0.25) is 0 Å². The van der Waals surface area contributed by atoms with E-state index in [0.29, 0.717) is 37.7 Å². The van der Waals surface area contributed by atoms with Crippen LogP contribution in [0.5, 0.6) is 0 Å². The monoisotopic (exact) mass is 464 g/mol. The standard InChI is InChI=1S/C24H24N4O4S/c29-24(21-15-20(28(30)31)5-6-22(21)26-10-12-32-13-11-26)25-18-1-3-19(4-2-18)27-9-7-23-17(16-27)8-14-33-23/h1-6,8,14-15H,7,9-13,16H2,(H,25,29). The Bertz CT molecular complexity index is 1170. The van der Waals surface area contributed by atoms with E-state index in [1.807, 2.05) is 40.5 Å². The van der Waals surface area contributed by atoms with Crippen molar-refractivity contribution in [2.24, 2.45) is 0 Å². The quantitative estimate of drug-likeness (QED) is 0.447. The predicted molar refractivity (Wildman–Crippen MR) is 130 cm³/mol. The Morgan fingerprint density at radius 1 is 1.03 bits per heavy atom. The number of thiophene rings is 1. The molecule has 0 spiro atoms. The van der Waals surface area contributed by atoms with E-state index in [1.54, 1.807) is 6.07 Å². The molecule has 5 rings (SSSR count). The van der Waals surface area contributed by atoms with E-state index in [0.717, 1.165) is 25.2 Å². The SMILES string of the molecule is O=C(Nc1ccc(N2CCc3sccc3C2)cc1)c1cc([N+](=O)[O-])ccc1N1CCOCC1. The molecule has 170 valence electrons. The molecule has 1 N–H and O–H groups in total. The van der Waals surface area contributed by atoms with Crippen molar-refractivity contribution < 1.29 is 14.5 Å². The highest BCUT2D eigenvalue weighted by atomic mass is 32.1. The molecule has 0 aliphatic carbocycles. The topological polar surface area (TPSA) is 88.0 Å². The summed E-state index contributed by atoms with van der Waals surface area (Å²) < 4.78 is 5.40. The highest BCUT2D eigenvalue weighted by Gasteiger charge is 2.22. The van der Waals surface area contributed by atoms with E-state index >= 15 is 0 Å². The highest BCUT2D eigenvalue weighted by molar-refractivity contribution is 7.10. The number of nitrogens with one attached hydrogen (secondary N) is 1. The predicted octanol–water partition coefficient (Wildman–Crippen LogP) is 4.31. The van der Waals surface area contributed by atoms with Crippen LogP contribution in [-0.4, -0.2) is 43.7 Å². The van der Waals surface area contributed by atoms with Crippen LogP contribution in [0.25, 0.3) is 0 Å². The van der Waals surface area contributed by atoms with Crippen LogP contribution in [0.1, 0.15) is 20.8 Å². The first-order chi connectivity index (χ1) is 16.1. The van der Waals surface area contributed by atoms with Gasteiger partial charge in [0.05, 0.1) is 29.4 Å². The molecule has 8 nitrogen and oxygen atoms in total. The first-order valence-corrected chi connectivity index (χ1v) is 11.8. The fourth-order valence-corrected chi connectivity index (χ4v) is 5.21. The molecule has 0 saturated carbocycles. The summed E-state index contributed by atoms with van der Waals surface area (Å²) in [6.07, 6.45) is 1.04. The molecule has 33 heavy (non-hydrogen) atoms. The zero-order valence-corrected chi connectivity index (χ0v) is 18.8. The van der Waals surface area contributed by atoms with E-state index in [4.69, 9.17) is 4.74 Å². The van der Waals surface area contributed by atoms with E-state index in [2.05, 4.69) is 21.7 Å². The second-order valence-corrected chi connectivity index (χ2v) is 9.10. The summed E-state index contributed by atoms with van der Waals surface area (Å²) in [4.78, 5) is 29.8. The molecule has 0 atom stereocenters. The molecule has 1 aromatic heterocycles. The summed E-state index contributed by atoms with van der Waals surface area (Å²) in [5.41, 5.74) is 4.00. The Kier molecular flexibility index (Phi) is 5.97. The van der Waals surface area contributed by atoms with Crippen LogP contribution in [0.15, 0.2) is 53.9 Å². The lowest BCUT2D eigenvalue weighted by atomic mass is 10.1. The van der Waals surface area contributed by atoms with Crippen molar-refractivity contribution in [3.05, 3.63) is 80.0 Å². The zero-order valence-electron chi connectivity index (χ0n) is 18.0. The summed E-state index contributed by atoms with van der Waals surface area (Å²) in [5.74, 6) is -0.367. The Morgan fingerprint density at radius 2 is 1.82 bits per heavy atom. The number of hydrogen-bond acceptors (Lipinski definition) is 7. The maximum atomic E-state index is 13.1. The molecule has 2 aliphatic heterocycles. The van der Waals surface area contributed by atoms with Crippen LogP contribution < -0.4 is 15.1 Å². The molecular weight excluding hydrogens is 440 g/mol. The number of carbonyl (C=O) groups excluding carboxylic acids is 1. The van der Waals surface area contributed by atoms with Gasteiger partial charge < -0.3 is 19.9 Å². The first-order valence-electron chi connectivity index (χ1n) is 10.9. The van der Waals surface area contributed by atoms with Gasteiger partial charge in [0.2, 0.25) is 0 Å². The van der Waals surface area contributed by atoms with Crippen molar-refractivity contribution in [3.8, 4) is 0 Å². The van der Waals surface area contributed by atoms with Crippen molar-refractivity contribution >= 4 is 40.0 Å². The lowest BCUT2D eigenvalue weighted by molar-refractivity contribution is -0.384. The summed E-state index contributed by atoms with van der Waals surface area (Å²) in [5, 5.41) is 16.4. The number of benzene rings is 2. The number of fused-ring (bicyclic) bond motifs is 1. The number of nitro benzene ring substituents is 1. The van der Waals surface area contributed by atoms with Crippen molar-refractivity contribution in [2.75, 3.05) is 48.0 Å². The van der Waals surface area contributed by atoms with Crippen LogP contribution in [0, 0.1) is 10.1 Å². The summed E-state index contributed by atoms with van der Waals surface area (Å²) in [6, 6.07) is 14.4. The minimum absolute atomic E-state index is 0.106. The highest BCUT2D eigenvalue weighted by Crippen LogP contribution is 2.30. The van der Waals surface area contributed by atoms with Gasteiger partial charge in [-0.1, -0.05) is 0 Å². The van der Waals surface area contributed by atoms with Gasteiger partial charge in [-0.25, -0.2) is 0 Å². The molecule has 3 aromatic rings. The number of non-ortho nitro benzene ring substituents is 1. The molecule has 2 aliphatic rings. The number of hydrogen-bond donors (Lipinski definition) is 1. The van der Waals surface area contributed by atoms with E-state index in [-0.39, 0.29) is 17.2 Å². The Morgan fingerprint density at radius 3 is 2.58 bits per heavy atom. The molecule has 1 fully saturated rings. The molecule has 1 amide bonds. The van der Waals surface area contributed by atoms with E-state index < -0.39 is 4.92 Å². The fraction of sp³-hybridized carbons (Fsp3) is 0.292. The molecule has 0 bridgehead atoms. The third-order valence-corrected chi connectivity index (χ3v) is 7.11. The maximum absolute atomic E-state index is 13.1. The van der Waals surface area contributed by atoms with Crippen molar-refractivity contribution in [1.29, 1.82) is 0 Å². The van der Waals surface area contributed by atoms with Gasteiger partial charge in [-0.15, -0.1) is 11.3 Å². The number of anilines is 3. The van der Waals surface area contributed by atoms with Gasteiger partial charge in [0, 0.05) is 54.6 Å². The number of amides is 1. The van der Waals surface area contributed by atoms with Gasteiger partial charge in [0.25, 0.3) is 11.6 Å². The summed E-state index contributed by atoms with van der Waals surface area (Å²) in [7, 11) is 0. The first kappa shape index (κ1) is 21.4. The van der Waals surface area contributed by atoms with Gasteiger partial charge in [0.15, 0.2) is 0 Å². The number of rotatable bonds is 5. The van der Waals surface area contributed by atoms with Crippen molar-refractivity contribution in [2.45, 2.75) is 13.0 Å². The Balaban J connectivity index is 1.34. The van der Waals surface area contributed by atoms with Gasteiger partial charge in [-0.05, 0) is 53.8 Å². The van der Waals surface area contributed by atoms with Crippen LogP contribution in [-0.2, 0) is 17.7 Å². The van der Waals surface area contributed by atoms with Crippen LogP contribution in [0.3, 0.4) is 0 Å². The van der Waals surface area contributed by atoms with Crippen molar-refractivity contribution in [1.82, 2.24) is 0 Å². The normalized spacial score (nSPS) is 15.8. The molecule has 0 radical (unpaired) electrons. The molecule has 1 saturated heterocycles. The lowest BCUT2D eigenvalue weighted by Gasteiger charge is -2.30. The van der Waals surface area contributed by atoms with Crippen LogP contribution in [0.4, 0.5) is 22.7 Å². The van der Waals surface area contributed by atoms with Gasteiger partial charge >= 0.3 is 0 Å². The Labute approximate surface area is 195 Å². The number of ether oxygens (including phenoxy) is 1.